The standard InChI is InChI=1S/C20H24N6O/c1-24(2)15-16-8-9-18(21-14-16)25-10-12-26(13-11-25)20-22-19(27-23-20)17-6-4-3-5-7-17/h3-9,14H,10-13,15H2,1-2H3. The van der Waals surface area contributed by atoms with Crippen molar-refractivity contribution in [3.63, 3.8) is 0 Å². The molecule has 1 aliphatic heterocycles. The molecule has 0 bridgehead atoms. The third-order valence-electron chi connectivity index (χ3n) is 4.63. The number of piperazine rings is 1. The molecule has 1 aliphatic rings. The van der Waals surface area contributed by atoms with E-state index in [2.05, 4.69) is 56.1 Å². The zero-order valence-corrected chi connectivity index (χ0v) is 15.7. The quantitative estimate of drug-likeness (QED) is 0.689. The molecule has 0 radical (unpaired) electrons. The molecule has 7 heteroatoms. The topological polar surface area (TPSA) is 61.5 Å². The summed E-state index contributed by atoms with van der Waals surface area (Å²) in [6.45, 7) is 4.36. The monoisotopic (exact) mass is 364 g/mol. The second kappa shape index (κ2) is 7.75. The van der Waals surface area contributed by atoms with E-state index in [1.807, 2.05) is 36.5 Å². The van der Waals surface area contributed by atoms with Gasteiger partial charge in [-0.2, -0.15) is 4.98 Å². The van der Waals surface area contributed by atoms with Gasteiger partial charge in [0.1, 0.15) is 5.82 Å². The summed E-state index contributed by atoms with van der Waals surface area (Å²) in [7, 11) is 4.13. The Hall–Kier alpha value is -2.93. The number of anilines is 2. The molecule has 0 unspecified atom stereocenters. The molecule has 0 aliphatic carbocycles. The fourth-order valence-corrected chi connectivity index (χ4v) is 3.24. The maximum atomic E-state index is 5.43. The number of hydrogen-bond acceptors (Lipinski definition) is 7. The Morgan fingerprint density at radius 3 is 2.37 bits per heavy atom. The molecule has 0 spiro atoms. The number of nitrogens with zero attached hydrogens (tertiary/aromatic N) is 6. The third-order valence-corrected chi connectivity index (χ3v) is 4.63. The Balaban J connectivity index is 1.37. The lowest BCUT2D eigenvalue weighted by molar-refractivity contribution is 0.402. The van der Waals surface area contributed by atoms with Crippen LogP contribution in [0.25, 0.3) is 11.5 Å². The van der Waals surface area contributed by atoms with Crippen molar-refractivity contribution in [2.24, 2.45) is 0 Å². The van der Waals surface area contributed by atoms with Crippen molar-refractivity contribution in [2.45, 2.75) is 6.54 Å². The van der Waals surface area contributed by atoms with Gasteiger partial charge in [0.2, 0.25) is 0 Å². The number of rotatable bonds is 5. The van der Waals surface area contributed by atoms with E-state index >= 15 is 0 Å². The van der Waals surface area contributed by atoms with Crippen LogP contribution in [-0.4, -0.2) is 60.3 Å². The van der Waals surface area contributed by atoms with Crippen LogP contribution in [0, 0.1) is 0 Å². The highest BCUT2D eigenvalue weighted by Gasteiger charge is 2.22. The van der Waals surface area contributed by atoms with Gasteiger partial charge in [-0.15, -0.1) is 0 Å². The molecule has 0 amide bonds. The Morgan fingerprint density at radius 2 is 1.70 bits per heavy atom. The molecule has 0 atom stereocenters. The van der Waals surface area contributed by atoms with E-state index in [4.69, 9.17) is 4.52 Å². The Kier molecular flexibility index (Phi) is 5.02. The molecule has 27 heavy (non-hydrogen) atoms. The lowest BCUT2D eigenvalue weighted by Crippen LogP contribution is -2.47. The van der Waals surface area contributed by atoms with Crippen molar-refractivity contribution in [1.29, 1.82) is 0 Å². The summed E-state index contributed by atoms with van der Waals surface area (Å²) < 4.78 is 5.43. The van der Waals surface area contributed by atoms with Gasteiger partial charge in [0.15, 0.2) is 0 Å². The van der Waals surface area contributed by atoms with Crippen LogP contribution in [0.3, 0.4) is 0 Å². The SMILES string of the molecule is CN(C)Cc1ccc(N2CCN(c3noc(-c4ccccc4)n3)CC2)nc1. The molecule has 140 valence electrons. The molecule has 1 saturated heterocycles. The van der Waals surface area contributed by atoms with E-state index in [1.54, 1.807) is 0 Å². The van der Waals surface area contributed by atoms with Gasteiger partial charge < -0.3 is 19.2 Å². The summed E-state index contributed by atoms with van der Waals surface area (Å²) in [6, 6.07) is 14.1. The normalized spacial score (nSPS) is 14.8. The minimum atomic E-state index is 0.561. The van der Waals surface area contributed by atoms with Crippen LogP contribution in [0.5, 0.6) is 0 Å². The van der Waals surface area contributed by atoms with E-state index < -0.39 is 0 Å². The molecule has 0 N–H and O–H groups in total. The zero-order valence-electron chi connectivity index (χ0n) is 15.7. The highest BCUT2D eigenvalue weighted by Crippen LogP contribution is 2.22. The lowest BCUT2D eigenvalue weighted by atomic mass is 10.2. The highest BCUT2D eigenvalue weighted by molar-refractivity contribution is 5.54. The van der Waals surface area contributed by atoms with Crippen LogP contribution in [0.15, 0.2) is 53.2 Å². The van der Waals surface area contributed by atoms with Gasteiger partial charge >= 0.3 is 0 Å². The van der Waals surface area contributed by atoms with E-state index in [0.29, 0.717) is 11.8 Å². The highest BCUT2D eigenvalue weighted by atomic mass is 16.5. The van der Waals surface area contributed by atoms with Crippen molar-refractivity contribution in [1.82, 2.24) is 20.0 Å². The fourth-order valence-electron chi connectivity index (χ4n) is 3.24. The second-order valence-electron chi connectivity index (χ2n) is 7.00. The molecule has 4 rings (SSSR count). The van der Waals surface area contributed by atoms with E-state index in [-0.39, 0.29) is 0 Å². The zero-order chi connectivity index (χ0) is 18.6. The Bertz CT molecular complexity index is 854. The average Bonchev–Trinajstić information content (AvgIpc) is 3.19. The summed E-state index contributed by atoms with van der Waals surface area (Å²) in [4.78, 5) is 15.8. The lowest BCUT2D eigenvalue weighted by Gasteiger charge is -2.34. The first-order valence-corrected chi connectivity index (χ1v) is 9.18. The largest absolute Gasteiger partial charge is 0.353 e. The Labute approximate surface area is 159 Å². The van der Waals surface area contributed by atoms with Crippen LogP contribution in [0.1, 0.15) is 5.56 Å². The van der Waals surface area contributed by atoms with E-state index in [9.17, 15) is 0 Å². The minimum absolute atomic E-state index is 0.561. The molecule has 1 fully saturated rings. The summed E-state index contributed by atoms with van der Waals surface area (Å²) in [6.07, 6.45) is 1.97. The molecule has 2 aromatic heterocycles. The smallest absolute Gasteiger partial charge is 0.266 e. The maximum Gasteiger partial charge on any atom is 0.266 e. The van der Waals surface area contributed by atoms with Gasteiger partial charge in [-0.3, -0.25) is 0 Å². The summed E-state index contributed by atoms with van der Waals surface area (Å²) in [5, 5.41) is 4.15. The van der Waals surface area contributed by atoms with E-state index in [1.165, 1.54) is 5.56 Å². The molecule has 3 heterocycles. The van der Waals surface area contributed by atoms with Gasteiger partial charge in [0.05, 0.1) is 0 Å². The first-order chi connectivity index (χ1) is 13.2. The molecule has 3 aromatic rings. The predicted octanol–water partition coefficient (Wildman–Crippen LogP) is 2.52. The third kappa shape index (κ3) is 4.09. The van der Waals surface area contributed by atoms with Crippen LogP contribution >= 0.6 is 0 Å². The molecular formula is C20H24N6O. The number of hydrogen-bond donors (Lipinski definition) is 0. The van der Waals surface area contributed by atoms with E-state index in [0.717, 1.165) is 44.1 Å². The van der Waals surface area contributed by atoms with Gasteiger partial charge in [0, 0.05) is 44.5 Å². The minimum Gasteiger partial charge on any atom is -0.353 e. The predicted molar refractivity (Wildman–Crippen MR) is 106 cm³/mol. The average molecular weight is 364 g/mol. The first kappa shape index (κ1) is 17.5. The van der Waals surface area contributed by atoms with Gasteiger partial charge in [-0.05, 0) is 43.0 Å². The van der Waals surface area contributed by atoms with Crippen LogP contribution in [0.4, 0.5) is 11.8 Å². The van der Waals surface area contributed by atoms with Crippen molar-refractivity contribution in [3.05, 3.63) is 54.2 Å². The molecule has 0 saturated carbocycles. The number of aromatic nitrogens is 3. The summed E-state index contributed by atoms with van der Waals surface area (Å²) >= 11 is 0. The van der Waals surface area contributed by atoms with Crippen LogP contribution in [0.2, 0.25) is 0 Å². The number of benzene rings is 1. The van der Waals surface area contributed by atoms with Gasteiger partial charge in [-0.1, -0.05) is 24.3 Å². The van der Waals surface area contributed by atoms with Gasteiger partial charge in [0.25, 0.3) is 11.8 Å². The molecule has 1 aromatic carbocycles. The van der Waals surface area contributed by atoms with Crippen molar-refractivity contribution < 1.29 is 4.52 Å². The summed E-state index contributed by atoms with van der Waals surface area (Å²) in [5.74, 6) is 2.24. The number of pyridine rings is 1. The second-order valence-corrected chi connectivity index (χ2v) is 7.00. The van der Waals surface area contributed by atoms with Gasteiger partial charge in [-0.25, -0.2) is 4.98 Å². The van der Waals surface area contributed by atoms with Crippen molar-refractivity contribution in [3.8, 4) is 11.5 Å². The molecule has 7 nitrogen and oxygen atoms in total. The Morgan fingerprint density at radius 1 is 0.963 bits per heavy atom. The molecular weight excluding hydrogens is 340 g/mol. The van der Waals surface area contributed by atoms with Crippen molar-refractivity contribution >= 4 is 11.8 Å². The fraction of sp³-hybridized carbons (Fsp3) is 0.350. The van der Waals surface area contributed by atoms with Crippen LogP contribution in [-0.2, 0) is 6.54 Å². The van der Waals surface area contributed by atoms with Crippen molar-refractivity contribution in [2.75, 3.05) is 50.1 Å². The maximum absolute atomic E-state index is 5.43. The van der Waals surface area contributed by atoms with Crippen LogP contribution < -0.4 is 9.80 Å². The first-order valence-electron chi connectivity index (χ1n) is 9.18. The summed E-state index contributed by atoms with van der Waals surface area (Å²) in [5.41, 5.74) is 2.17.